The molecule has 0 saturated heterocycles. The smallest absolute Gasteiger partial charge is 0.255 e. The molecule has 0 aliphatic heterocycles. The van der Waals surface area contributed by atoms with Gasteiger partial charge in [0.1, 0.15) is 0 Å². The Kier molecular flexibility index (Phi) is 1.69. The Morgan fingerprint density at radius 2 is 2.42 bits per heavy atom. The summed E-state index contributed by atoms with van der Waals surface area (Å²) in [6.45, 7) is 2.06. The number of fused-ring (bicyclic) bond motifs is 1. The van der Waals surface area contributed by atoms with Crippen molar-refractivity contribution in [2.45, 2.75) is 19.8 Å². The number of hydrogen-bond donors (Lipinski definition) is 1. The molecular formula is C6H8N4OS. The fourth-order valence-corrected chi connectivity index (χ4v) is 1.69. The summed E-state index contributed by atoms with van der Waals surface area (Å²) in [6, 6.07) is 0. The highest BCUT2D eigenvalue weighted by molar-refractivity contribution is 7.14. The molecule has 2 heterocycles. The van der Waals surface area contributed by atoms with Crippen LogP contribution in [0.2, 0.25) is 0 Å². The number of rotatable bonds is 2. The van der Waals surface area contributed by atoms with Gasteiger partial charge in [-0.2, -0.15) is 0 Å². The fourth-order valence-electron chi connectivity index (χ4n) is 1.06. The summed E-state index contributed by atoms with van der Waals surface area (Å²) >= 11 is 1.08. The largest absolute Gasteiger partial charge is 0.322 e. The van der Waals surface area contributed by atoms with Gasteiger partial charge in [0.25, 0.3) is 0 Å². The minimum absolute atomic E-state index is 0.0859. The van der Waals surface area contributed by atoms with Crippen molar-refractivity contribution in [2.75, 3.05) is 0 Å². The van der Waals surface area contributed by atoms with Gasteiger partial charge in [-0.15, -0.1) is 10.2 Å². The van der Waals surface area contributed by atoms with Crippen LogP contribution in [0.5, 0.6) is 0 Å². The van der Waals surface area contributed by atoms with E-state index in [-0.39, 0.29) is 4.87 Å². The predicted molar refractivity (Wildman–Crippen MR) is 45.5 cm³/mol. The normalized spacial score (nSPS) is 11.1. The maximum absolute atomic E-state index is 10.9. The second-order valence-electron chi connectivity index (χ2n) is 2.49. The Morgan fingerprint density at radius 1 is 1.58 bits per heavy atom. The van der Waals surface area contributed by atoms with Crippen LogP contribution in [0.25, 0.3) is 4.96 Å². The molecule has 2 aromatic rings. The lowest BCUT2D eigenvalue weighted by Gasteiger charge is -1.89. The van der Waals surface area contributed by atoms with Gasteiger partial charge >= 0.3 is 4.87 Å². The third-order valence-corrected chi connectivity index (χ3v) is 2.28. The van der Waals surface area contributed by atoms with Crippen LogP contribution in [0.1, 0.15) is 19.2 Å². The fraction of sp³-hybridized carbons (Fsp3) is 0.500. The minimum Gasteiger partial charge on any atom is -0.255 e. The van der Waals surface area contributed by atoms with E-state index in [9.17, 15) is 4.79 Å². The van der Waals surface area contributed by atoms with E-state index >= 15 is 0 Å². The Bertz CT molecular complexity index is 440. The maximum Gasteiger partial charge on any atom is 0.322 e. The Morgan fingerprint density at radius 3 is 3.17 bits per heavy atom. The van der Waals surface area contributed by atoms with Crippen molar-refractivity contribution < 1.29 is 0 Å². The van der Waals surface area contributed by atoms with E-state index < -0.39 is 0 Å². The van der Waals surface area contributed by atoms with Crippen molar-refractivity contribution in [3.05, 3.63) is 15.5 Å². The van der Waals surface area contributed by atoms with Crippen LogP contribution in [0.4, 0.5) is 0 Å². The zero-order chi connectivity index (χ0) is 8.55. The van der Waals surface area contributed by atoms with Crippen molar-refractivity contribution in [3.63, 3.8) is 0 Å². The van der Waals surface area contributed by atoms with Gasteiger partial charge in [0, 0.05) is 6.42 Å². The molecule has 0 saturated carbocycles. The number of aromatic amines is 1. The molecule has 2 aromatic heterocycles. The molecule has 2 rings (SSSR count). The van der Waals surface area contributed by atoms with Gasteiger partial charge < -0.3 is 0 Å². The van der Waals surface area contributed by atoms with Gasteiger partial charge in [-0.25, -0.2) is 9.61 Å². The number of nitrogens with zero attached hydrogens (tertiary/aromatic N) is 3. The molecule has 0 fully saturated rings. The number of H-pyrrole nitrogens is 1. The van der Waals surface area contributed by atoms with E-state index in [0.29, 0.717) is 4.96 Å². The molecule has 1 N–H and O–H groups in total. The second kappa shape index (κ2) is 2.71. The maximum atomic E-state index is 10.9. The summed E-state index contributed by atoms with van der Waals surface area (Å²) < 4.78 is 1.65. The quantitative estimate of drug-likeness (QED) is 0.736. The number of hydrogen-bond acceptors (Lipinski definition) is 4. The number of nitrogens with one attached hydrogen (secondary N) is 1. The first-order valence-electron chi connectivity index (χ1n) is 3.74. The molecule has 0 spiro atoms. The molecule has 0 aromatic carbocycles. The zero-order valence-electron chi connectivity index (χ0n) is 6.57. The van der Waals surface area contributed by atoms with Gasteiger partial charge in [0.05, 0.1) is 0 Å². The Balaban J connectivity index is 2.60. The highest BCUT2D eigenvalue weighted by Crippen LogP contribution is 2.04. The van der Waals surface area contributed by atoms with E-state index in [1.807, 2.05) is 0 Å². The average Bonchev–Trinajstić information content (AvgIpc) is 2.52. The van der Waals surface area contributed by atoms with Crippen LogP contribution >= 0.6 is 11.3 Å². The van der Waals surface area contributed by atoms with Gasteiger partial charge in [-0.3, -0.25) is 4.79 Å². The first-order valence-corrected chi connectivity index (χ1v) is 4.56. The van der Waals surface area contributed by atoms with Gasteiger partial charge in [-0.05, 0) is 17.8 Å². The molecule has 0 amide bonds. The van der Waals surface area contributed by atoms with Crippen LogP contribution in [0.3, 0.4) is 0 Å². The Labute approximate surface area is 72.0 Å². The topological polar surface area (TPSA) is 63.0 Å². The predicted octanol–water partition coefficient (Wildman–Crippen LogP) is 0.432. The highest BCUT2D eigenvalue weighted by atomic mass is 32.1. The van der Waals surface area contributed by atoms with Crippen molar-refractivity contribution in [1.82, 2.24) is 19.8 Å². The highest BCUT2D eigenvalue weighted by Gasteiger charge is 2.06. The minimum atomic E-state index is -0.0859. The lowest BCUT2D eigenvalue weighted by Crippen LogP contribution is -2.01. The van der Waals surface area contributed by atoms with Crippen molar-refractivity contribution in [3.8, 4) is 0 Å². The second-order valence-corrected chi connectivity index (χ2v) is 3.43. The molecule has 0 aliphatic rings. The summed E-state index contributed by atoms with van der Waals surface area (Å²) in [5, 5.41) is 10.4. The number of aryl methyl sites for hydroxylation is 1. The van der Waals surface area contributed by atoms with Crippen LogP contribution in [-0.2, 0) is 6.42 Å². The first-order chi connectivity index (χ1) is 5.81. The molecule has 0 radical (unpaired) electrons. The van der Waals surface area contributed by atoms with Gasteiger partial charge in [-0.1, -0.05) is 6.92 Å². The summed E-state index contributed by atoms with van der Waals surface area (Å²) in [7, 11) is 0. The molecule has 12 heavy (non-hydrogen) atoms. The van der Waals surface area contributed by atoms with Crippen LogP contribution < -0.4 is 4.87 Å². The summed E-state index contributed by atoms with van der Waals surface area (Å²) in [4.78, 5) is 11.4. The number of aromatic nitrogens is 4. The van der Waals surface area contributed by atoms with E-state index in [1.54, 1.807) is 4.52 Å². The van der Waals surface area contributed by atoms with E-state index in [4.69, 9.17) is 0 Å². The SMILES string of the molecule is CCCc1nnc2sc(=O)[nH]n12. The van der Waals surface area contributed by atoms with E-state index in [1.165, 1.54) is 0 Å². The summed E-state index contributed by atoms with van der Waals surface area (Å²) in [5.41, 5.74) is 0. The van der Waals surface area contributed by atoms with Crippen molar-refractivity contribution in [1.29, 1.82) is 0 Å². The monoisotopic (exact) mass is 184 g/mol. The van der Waals surface area contributed by atoms with E-state index in [2.05, 4.69) is 22.2 Å². The molecule has 0 atom stereocenters. The molecule has 0 aliphatic carbocycles. The third kappa shape index (κ3) is 1.04. The molecule has 0 bridgehead atoms. The zero-order valence-corrected chi connectivity index (χ0v) is 7.39. The van der Waals surface area contributed by atoms with Gasteiger partial charge in [0.2, 0.25) is 4.96 Å². The third-order valence-electron chi connectivity index (χ3n) is 1.56. The van der Waals surface area contributed by atoms with Crippen LogP contribution in [0, 0.1) is 0 Å². The summed E-state index contributed by atoms with van der Waals surface area (Å²) in [5.74, 6) is 0.825. The van der Waals surface area contributed by atoms with Gasteiger partial charge in [0.15, 0.2) is 5.82 Å². The molecule has 0 unspecified atom stereocenters. The van der Waals surface area contributed by atoms with Crippen LogP contribution in [-0.4, -0.2) is 19.8 Å². The van der Waals surface area contributed by atoms with Crippen LogP contribution in [0.15, 0.2) is 4.79 Å². The molecule has 6 heteroatoms. The standard InChI is InChI=1S/C6H8N4OS/c1-2-3-4-7-8-5-10(4)9-6(11)12-5/h2-3H2,1H3,(H,9,11). The molecular weight excluding hydrogens is 176 g/mol. The molecule has 5 nitrogen and oxygen atoms in total. The van der Waals surface area contributed by atoms with E-state index in [0.717, 1.165) is 30.0 Å². The average molecular weight is 184 g/mol. The lowest BCUT2D eigenvalue weighted by atomic mass is 10.3. The van der Waals surface area contributed by atoms with Crippen molar-refractivity contribution in [2.24, 2.45) is 0 Å². The Hall–Kier alpha value is -1.17. The van der Waals surface area contributed by atoms with Crippen molar-refractivity contribution >= 4 is 16.3 Å². The first kappa shape index (κ1) is 7.48. The molecule has 64 valence electrons. The summed E-state index contributed by atoms with van der Waals surface area (Å²) in [6.07, 6.45) is 1.84. The lowest BCUT2D eigenvalue weighted by molar-refractivity contribution is 0.771.